The fourth-order valence-electron chi connectivity index (χ4n) is 6.10. The van der Waals surface area contributed by atoms with Crippen LogP contribution in [-0.2, 0) is 23.8 Å². The molecule has 7 nitrogen and oxygen atoms in total. The zero-order chi connectivity index (χ0) is 29.1. The second kappa shape index (κ2) is 12.5. The second-order valence-electron chi connectivity index (χ2n) is 11.5. The van der Waals surface area contributed by atoms with Gasteiger partial charge in [0.1, 0.15) is 6.33 Å². The topological polar surface area (TPSA) is 70.6 Å². The van der Waals surface area contributed by atoms with Crippen LogP contribution in [0, 0.1) is 13.8 Å². The van der Waals surface area contributed by atoms with Crippen LogP contribution < -0.4 is 5.32 Å². The standard InChI is InChI=1S/C18H29N5O.C12H13F3O/c1-13-11-23(10-7-19-13)18(4)5-8-22(9-6-18)17(24)16-14(2)20-12-21-15(16)3;1-2-16-11-6-8-3-4-10(12(13,14)15)5-9(8)7-11/h12-13,19H,5-11H2,1-4H3;3-5,11H,2,6-7H2,1H3. The van der Waals surface area contributed by atoms with Gasteiger partial charge in [-0.3, -0.25) is 9.69 Å². The number of hydrogen-bond donors (Lipinski definition) is 1. The van der Waals surface area contributed by atoms with E-state index in [1.54, 1.807) is 6.07 Å². The number of aryl methyl sites for hydroxylation is 2. The number of carbonyl (C=O) groups excluding carboxylic acids is 1. The molecule has 2 unspecified atom stereocenters. The Kier molecular flexibility index (Phi) is 9.52. The molecule has 5 rings (SSSR count). The average molecular weight is 562 g/mol. The second-order valence-corrected chi connectivity index (χ2v) is 11.5. The number of piperidine rings is 1. The molecule has 3 aliphatic rings. The molecule has 0 bridgehead atoms. The van der Waals surface area contributed by atoms with Gasteiger partial charge in [-0.1, -0.05) is 6.07 Å². The molecule has 1 amide bonds. The lowest BCUT2D eigenvalue weighted by Crippen LogP contribution is -2.61. The Balaban J connectivity index is 0.000000201. The van der Waals surface area contributed by atoms with Crippen molar-refractivity contribution in [3.8, 4) is 0 Å². The van der Waals surface area contributed by atoms with Crippen LogP contribution in [0.25, 0.3) is 0 Å². The average Bonchev–Trinajstić information content (AvgIpc) is 3.31. The van der Waals surface area contributed by atoms with Crippen LogP contribution in [0.3, 0.4) is 0 Å². The molecular formula is C30H42F3N5O2. The Labute approximate surface area is 235 Å². The Hall–Kier alpha value is -2.56. The fraction of sp³-hybridized carbons (Fsp3) is 0.633. The largest absolute Gasteiger partial charge is 0.416 e. The highest BCUT2D eigenvalue weighted by Gasteiger charge is 2.39. The lowest BCUT2D eigenvalue weighted by molar-refractivity contribution is -0.137. The van der Waals surface area contributed by atoms with Crippen molar-refractivity contribution in [2.24, 2.45) is 0 Å². The molecular weight excluding hydrogens is 519 g/mol. The van der Waals surface area contributed by atoms with Gasteiger partial charge in [0.05, 0.1) is 28.6 Å². The molecule has 1 aromatic heterocycles. The number of ether oxygens (including phenoxy) is 1. The number of amides is 1. The first-order chi connectivity index (χ1) is 18.9. The predicted octanol–water partition coefficient (Wildman–Crippen LogP) is 4.59. The molecule has 2 aromatic rings. The zero-order valence-electron chi connectivity index (χ0n) is 24.3. The summed E-state index contributed by atoms with van der Waals surface area (Å²) in [5.41, 5.74) is 3.61. The van der Waals surface area contributed by atoms with Gasteiger partial charge in [0.15, 0.2) is 0 Å². The first kappa shape index (κ1) is 30.4. The van der Waals surface area contributed by atoms with E-state index in [2.05, 4.69) is 34.0 Å². The van der Waals surface area contributed by atoms with E-state index in [-0.39, 0.29) is 17.6 Å². The maximum Gasteiger partial charge on any atom is 0.416 e. The SMILES string of the molecule is CCOC1Cc2ccc(C(F)(F)F)cc2C1.Cc1ncnc(C)c1C(=O)N1CCC(C)(N2CCNC(C)C2)CC1. The summed E-state index contributed by atoms with van der Waals surface area (Å²) in [6.07, 6.45) is 0.686. The molecule has 1 aliphatic carbocycles. The van der Waals surface area contributed by atoms with Crippen molar-refractivity contribution in [3.63, 3.8) is 0 Å². The summed E-state index contributed by atoms with van der Waals surface area (Å²) in [5.74, 6) is 0.0846. The van der Waals surface area contributed by atoms with E-state index >= 15 is 0 Å². The molecule has 2 atom stereocenters. The molecule has 0 radical (unpaired) electrons. The van der Waals surface area contributed by atoms with Crippen LogP contribution in [0.4, 0.5) is 13.2 Å². The molecule has 40 heavy (non-hydrogen) atoms. The number of hydrogen-bond acceptors (Lipinski definition) is 6. The third kappa shape index (κ3) is 7.01. The van der Waals surface area contributed by atoms with Crippen molar-refractivity contribution in [3.05, 3.63) is 58.2 Å². The zero-order valence-corrected chi connectivity index (χ0v) is 24.3. The van der Waals surface area contributed by atoms with E-state index < -0.39 is 11.7 Å². The summed E-state index contributed by atoms with van der Waals surface area (Å²) in [4.78, 5) is 25.9. The molecule has 2 aliphatic heterocycles. The fourth-order valence-corrected chi connectivity index (χ4v) is 6.10. The van der Waals surface area contributed by atoms with E-state index in [0.29, 0.717) is 24.6 Å². The molecule has 220 valence electrons. The van der Waals surface area contributed by atoms with Crippen LogP contribution in [-0.4, -0.2) is 82.7 Å². The normalized spacial score (nSPS) is 22.9. The van der Waals surface area contributed by atoms with Crippen molar-refractivity contribution in [1.29, 1.82) is 0 Å². The highest BCUT2D eigenvalue weighted by Crippen LogP contribution is 2.34. The number of halogens is 3. The minimum atomic E-state index is -4.25. The molecule has 1 N–H and O–H groups in total. The Morgan fingerprint density at radius 1 is 1.10 bits per heavy atom. The minimum absolute atomic E-state index is 0.0449. The summed E-state index contributed by atoms with van der Waals surface area (Å²) in [7, 11) is 0. The van der Waals surface area contributed by atoms with E-state index in [0.717, 1.165) is 80.6 Å². The molecule has 0 saturated carbocycles. The smallest absolute Gasteiger partial charge is 0.378 e. The summed E-state index contributed by atoms with van der Waals surface area (Å²) in [6, 6.07) is 4.50. The van der Waals surface area contributed by atoms with Crippen LogP contribution in [0.1, 0.15) is 72.0 Å². The number of rotatable bonds is 4. The molecule has 2 fully saturated rings. The summed E-state index contributed by atoms with van der Waals surface area (Å²) < 4.78 is 42.8. The van der Waals surface area contributed by atoms with Crippen LogP contribution in [0.5, 0.6) is 0 Å². The molecule has 10 heteroatoms. The number of aromatic nitrogens is 2. The lowest BCUT2D eigenvalue weighted by Gasteiger charge is -2.49. The highest BCUT2D eigenvalue weighted by molar-refractivity contribution is 5.96. The van der Waals surface area contributed by atoms with Crippen molar-refractivity contribution >= 4 is 5.91 Å². The van der Waals surface area contributed by atoms with Gasteiger partial charge in [0, 0.05) is 50.9 Å². The first-order valence-electron chi connectivity index (χ1n) is 14.3. The minimum Gasteiger partial charge on any atom is -0.378 e. The Morgan fingerprint density at radius 2 is 1.75 bits per heavy atom. The maximum absolute atomic E-state index is 12.9. The number of carbonyl (C=O) groups is 1. The maximum atomic E-state index is 12.9. The number of alkyl halides is 3. The first-order valence-corrected chi connectivity index (χ1v) is 14.3. The van der Waals surface area contributed by atoms with Crippen molar-refractivity contribution in [2.45, 2.75) is 84.2 Å². The number of piperazine rings is 1. The molecule has 1 aromatic carbocycles. The van der Waals surface area contributed by atoms with Gasteiger partial charge >= 0.3 is 6.18 Å². The molecule has 3 heterocycles. The number of likely N-dealkylation sites (tertiary alicyclic amines) is 1. The Morgan fingerprint density at radius 3 is 2.35 bits per heavy atom. The summed E-state index contributed by atoms with van der Waals surface area (Å²) >= 11 is 0. The van der Waals surface area contributed by atoms with Crippen molar-refractivity contribution < 1.29 is 22.7 Å². The number of nitrogens with zero attached hydrogens (tertiary/aromatic N) is 4. The van der Waals surface area contributed by atoms with Crippen molar-refractivity contribution in [2.75, 3.05) is 39.3 Å². The molecule has 0 spiro atoms. The predicted molar refractivity (Wildman–Crippen MR) is 148 cm³/mol. The monoisotopic (exact) mass is 561 g/mol. The lowest BCUT2D eigenvalue weighted by atomic mass is 9.86. The van der Waals surface area contributed by atoms with Crippen LogP contribution in [0.2, 0.25) is 0 Å². The van der Waals surface area contributed by atoms with Gasteiger partial charge < -0.3 is 15.0 Å². The van der Waals surface area contributed by atoms with E-state index in [1.165, 1.54) is 12.4 Å². The van der Waals surface area contributed by atoms with Gasteiger partial charge in [-0.15, -0.1) is 0 Å². The molecule has 2 saturated heterocycles. The van der Waals surface area contributed by atoms with E-state index in [4.69, 9.17) is 4.74 Å². The van der Waals surface area contributed by atoms with Crippen LogP contribution in [0.15, 0.2) is 24.5 Å². The third-order valence-corrected chi connectivity index (χ3v) is 8.53. The third-order valence-electron chi connectivity index (χ3n) is 8.53. The van der Waals surface area contributed by atoms with E-state index in [1.807, 2.05) is 25.7 Å². The summed E-state index contributed by atoms with van der Waals surface area (Å²) in [5, 5.41) is 3.51. The van der Waals surface area contributed by atoms with Gasteiger partial charge in [-0.25, -0.2) is 9.97 Å². The van der Waals surface area contributed by atoms with Gasteiger partial charge in [0.2, 0.25) is 0 Å². The van der Waals surface area contributed by atoms with Gasteiger partial charge in [0.25, 0.3) is 5.91 Å². The number of nitrogens with one attached hydrogen (secondary N) is 1. The number of benzene rings is 1. The quantitative estimate of drug-likeness (QED) is 0.589. The summed E-state index contributed by atoms with van der Waals surface area (Å²) in [6.45, 7) is 15.7. The van der Waals surface area contributed by atoms with Crippen molar-refractivity contribution in [1.82, 2.24) is 25.1 Å². The number of fused-ring (bicyclic) bond motifs is 1. The Bertz CT molecular complexity index is 1160. The highest BCUT2D eigenvalue weighted by atomic mass is 19.4. The van der Waals surface area contributed by atoms with Gasteiger partial charge in [-0.05, 0) is 83.6 Å². The van der Waals surface area contributed by atoms with Gasteiger partial charge in [-0.2, -0.15) is 13.2 Å². The van der Waals surface area contributed by atoms with E-state index in [9.17, 15) is 18.0 Å². The van der Waals surface area contributed by atoms with Crippen LogP contribution >= 0.6 is 0 Å².